The molecule has 0 radical (unpaired) electrons. The number of nitrogens with one attached hydrogen (secondary N) is 1. The minimum Gasteiger partial charge on any atom is -0.492 e. The number of halogens is 3. The van der Waals surface area contributed by atoms with Gasteiger partial charge in [0, 0.05) is 47.7 Å². The third-order valence-electron chi connectivity index (χ3n) is 7.32. The van der Waals surface area contributed by atoms with Crippen molar-refractivity contribution in [2.45, 2.75) is 38.4 Å². The van der Waals surface area contributed by atoms with Gasteiger partial charge < -0.3 is 15.0 Å². The zero-order valence-corrected chi connectivity index (χ0v) is 22.8. The number of likely N-dealkylation sites (N-methyl/N-ethyl adjacent to an activating group) is 1. The second-order valence-corrected chi connectivity index (χ2v) is 10.2. The molecule has 0 saturated carbocycles. The fourth-order valence-electron chi connectivity index (χ4n) is 4.95. The number of benzene rings is 2. The molecule has 212 valence electrons. The van der Waals surface area contributed by atoms with Crippen molar-refractivity contribution in [3.63, 3.8) is 0 Å². The molecule has 41 heavy (non-hydrogen) atoms. The minimum atomic E-state index is -4.59. The Morgan fingerprint density at radius 3 is 2.68 bits per heavy atom. The highest BCUT2D eigenvalue weighted by atomic mass is 19.4. The zero-order chi connectivity index (χ0) is 29.0. The van der Waals surface area contributed by atoms with Gasteiger partial charge in [-0.15, -0.1) is 0 Å². The summed E-state index contributed by atoms with van der Waals surface area (Å²) in [6.45, 7) is 3.14. The van der Waals surface area contributed by atoms with Crippen LogP contribution in [0.1, 0.15) is 45.6 Å². The van der Waals surface area contributed by atoms with Crippen LogP contribution in [0.15, 0.2) is 73.3 Å². The molecule has 7 nitrogen and oxygen atoms in total. The second-order valence-electron chi connectivity index (χ2n) is 10.2. The lowest BCUT2D eigenvalue weighted by Gasteiger charge is -2.20. The van der Waals surface area contributed by atoms with E-state index in [-0.39, 0.29) is 24.1 Å². The molecule has 0 aliphatic carbocycles. The van der Waals surface area contributed by atoms with E-state index in [4.69, 9.17) is 4.74 Å². The number of nitrogens with zero attached hydrogens (tertiary/aromatic N) is 4. The summed E-state index contributed by atoms with van der Waals surface area (Å²) in [6.07, 6.45) is 2.62. The van der Waals surface area contributed by atoms with Crippen molar-refractivity contribution in [1.82, 2.24) is 19.9 Å². The van der Waals surface area contributed by atoms with E-state index in [0.29, 0.717) is 12.0 Å². The molecule has 1 aliphatic rings. The first-order chi connectivity index (χ1) is 19.7. The summed E-state index contributed by atoms with van der Waals surface area (Å²) in [5.41, 5.74) is 3.62. The lowest BCUT2D eigenvalue weighted by molar-refractivity contribution is -0.137. The molecule has 10 heteroatoms. The fourth-order valence-corrected chi connectivity index (χ4v) is 4.95. The van der Waals surface area contributed by atoms with E-state index in [9.17, 15) is 18.0 Å². The van der Waals surface area contributed by atoms with E-state index in [1.807, 2.05) is 32.2 Å². The molecule has 5 rings (SSSR count). The smallest absolute Gasteiger partial charge is 0.416 e. The Balaban J connectivity index is 1.37. The van der Waals surface area contributed by atoms with Gasteiger partial charge >= 0.3 is 6.18 Å². The number of likely N-dealkylation sites (tertiary alicyclic amines) is 1. The highest BCUT2D eigenvalue weighted by Crippen LogP contribution is 2.35. The molecule has 1 atom stereocenters. The van der Waals surface area contributed by atoms with E-state index in [1.54, 1.807) is 30.6 Å². The lowest BCUT2D eigenvalue weighted by Crippen LogP contribution is -2.30. The van der Waals surface area contributed by atoms with Gasteiger partial charge in [-0.2, -0.15) is 13.2 Å². The highest BCUT2D eigenvalue weighted by Gasteiger charge is 2.32. The molecular formula is C31H30F3N5O2. The normalized spacial score (nSPS) is 15.6. The molecule has 2 aromatic carbocycles. The molecule has 1 amide bonds. The molecule has 1 saturated heterocycles. The van der Waals surface area contributed by atoms with Gasteiger partial charge in [0.25, 0.3) is 5.91 Å². The molecule has 4 aromatic rings. The molecule has 0 bridgehead atoms. The van der Waals surface area contributed by atoms with Crippen LogP contribution in [0.4, 0.5) is 18.9 Å². The van der Waals surface area contributed by atoms with Crippen molar-refractivity contribution in [3.8, 4) is 17.0 Å². The molecule has 0 unspecified atom stereocenters. The fraction of sp³-hybridized carbons (Fsp3) is 0.290. The van der Waals surface area contributed by atoms with Crippen molar-refractivity contribution in [3.05, 3.63) is 101 Å². The van der Waals surface area contributed by atoms with Crippen molar-refractivity contribution in [2.75, 3.05) is 25.5 Å². The van der Waals surface area contributed by atoms with Crippen LogP contribution in [0.5, 0.6) is 5.75 Å². The molecule has 1 N–H and O–H groups in total. The summed E-state index contributed by atoms with van der Waals surface area (Å²) in [5, 5.41) is 2.63. The van der Waals surface area contributed by atoms with Crippen molar-refractivity contribution in [2.24, 2.45) is 0 Å². The summed E-state index contributed by atoms with van der Waals surface area (Å²) >= 11 is 0. The number of ether oxygens (including phenoxy) is 1. The monoisotopic (exact) mass is 561 g/mol. The molecule has 1 aliphatic heterocycles. The number of pyridine rings is 1. The first-order valence-electron chi connectivity index (χ1n) is 13.3. The highest BCUT2D eigenvalue weighted by molar-refractivity contribution is 6.04. The third kappa shape index (κ3) is 6.89. The predicted molar refractivity (Wildman–Crippen MR) is 150 cm³/mol. The molecule has 2 aromatic heterocycles. The van der Waals surface area contributed by atoms with Gasteiger partial charge in [0.2, 0.25) is 0 Å². The first kappa shape index (κ1) is 28.2. The van der Waals surface area contributed by atoms with Crippen LogP contribution >= 0.6 is 0 Å². The first-order valence-corrected chi connectivity index (χ1v) is 13.3. The van der Waals surface area contributed by atoms with Crippen molar-refractivity contribution in [1.29, 1.82) is 0 Å². The standard InChI is InChI=1S/C31H30F3N5O2/c1-20-7-8-21(13-22(20)14-29-27(6-3-10-36-29)28-9-11-35-19-37-28)30(40)38-24-15-23(31(32,33)34)16-26(17-24)41-18-25-5-4-12-39(25)2/h3,6-11,13,15-17,19,25H,4-5,12,14,18H2,1-2H3,(H,38,40)/t25-/m0/s1. The number of aromatic nitrogens is 3. The summed E-state index contributed by atoms with van der Waals surface area (Å²) in [6, 6.07) is 14.2. The Labute approximate surface area is 236 Å². The Hall–Kier alpha value is -4.31. The number of carbonyl (C=O) groups excluding carboxylic acids is 1. The average Bonchev–Trinajstić information content (AvgIpc) is 3.37. The molecule has 3 heterocycles. The van der Waals surface area contributed by atoms with E-state index in [2.05, 4.69) is 25.2 Å². The van der Waals surface area contributed by atoms with E-state index >= 15 is 0 Å². The van der Waals surface area contributed by atoms with Crippen molar-refractivity contribution >= 4 is 11.6 Å². The minimum absolute atomic E-state index is 0.0116. The largest absolute Gasteiger partial charge is 0.492 e. The number of rotatable bonds is 8. The van der Waals surface area contributed by atoms with Gasteiger partial charge in [0.1, 0.15) is 18.7 Å². The number of carbonyl (C=O) groups is 1. The average molecular weight is 562 g/mol. The summed E-state index contributed by atoms with van der Waals surface area (Å²) in [7, 11) is 1.97. The number of aryl methyl sites for hydroxylation is 1. The van der Waals surface area contributed by atoms with Crippen LogP contribution in [0.2, 0.25) is 0 Å². The van der Waals surface area contributed by atoms with Crippen LogP contribution in [0.3, 0.4) is 0 Å². The van der Waals surface area contributed by atoms with E-state index in [1.165, 1.54) is 12.4 Å². The maximum Gasteiger partial charge on any atom is 0.416 e. The topological polar surface area (TPSA) is 80.2 Å². The maximum atomic E-state index is 13.7. The van der Waals surface area contributed by atoms with E-state index < -0.39 is 17.6 Å². The molecule has 0 spiro atoms. The number of hydrogen-bond acceptors (Lipinski definition) is 6. The Kier molecular flexibility index (Phi) is 8.30. The third-order valence-corrected chi connectivity index (χ3v) is 7.32. The number of alkyl halides is 3. The lowest BCUT2D eigenvalue weighted by atomic mass is 9.97. The Morgan fingerprint density at radius 2 is 1.95 bits per heavy atom. The van der Waals surface area contributed by atoms with Crippen LogP contribution < -0.4 is 10.1 Å². The summed E-state index contributed by atoms with van der Waals surface area (Å²) in [5.74, 6) is -0.462. The van der Waals surface area contributed by atoms with Gasteiger partial charge in [-0.05, 0) is 86.9 Å². The second kappa shape index (κ2) is 12.1. The van der Waals surface area contributed by atoms with Gasteiger partial charge in [0.15, 0.2) is 0 Å². The van der Waals surface area contributed by atoms with Gasteiger partial charge in [0.05, 0.1) is 17.0 Å². The van der Waals surface area contributed by atoms with Gasteiger partial charge in [-0.1, -0.05) is 6.07 Å². The predicted octanol–water partition coefficient (Wildman–Crippen LogP) is 6.18. The number of hydrogen-bond donors (Lipinski definition) is 1. The molecular weight excluding hydrogens is 531 g/mol. The van der Waals surface area contributed by atoms with E-state index in [0.717, 1.165) is 59.6 Å². The quantitative estimate of drug-likeness (QED) is 0.277. The number of anilines is 1. The van der Waals surface area contributed by atoms with Crippen LogP contribution in [-0.2, 0) is 12.6 Å². The number of amides is 1. The zero-order valence-electron chi connectivity index (χ0n) is 22.8. The summed E-state index contributed by atoms with van der Waals surface area (Å²) in [4.78, 5) is 28.2. The van der Waals surface area contributed by atoms with Crippen LogP contribution in [0, 0.1) is 6.92 Å². The Morgan fingerprint density at radius 1 is 1.10 bits per heavy atom. The van der Waals surface area contributed by atoms with Crippen LogP contribution in [0.25, 0.3) is 11.3 Å². The maximum absolute atomic E-state index is 13.7. The molecule has 1 fully saturated rings. The van der Waals surface area contributed by atoms with Crippen molar-refractivity contribution < 1.29 is 22.7 Å². The Bertz CT molecular complexity index is 1530. The van der Waals surface area contributed by atoms with Gasteiger partial charge in [-0.25, -0.2) is 9.97 Å². The summed E-state index contributed by atoms with van der Waals surface area (Å²) < 4.78 is 46.8. The van der Waals surface area contributed by atoms with Gasteiger partial charge in [-0.3, -0.25) is 9.78 Å². The van der Waals surface area contributed by atoms with Crippen LogP contribution in [-0.4, -0.2) is 52.0 Å². The SMILES string of the molecule is Cc1ccc(C(=O)Nc2cc(OC[C@@H]3CCCN3C)cc(C(F)(F)F)c2)cc1Cc1ncccc1-c1ccncn1.